The molecule has 0 spiro atoms. The predicted molar refractivity (Wildman–Crippen MR) is 104 cm³/mol. The molecule has 26 heavy (non-hydrogen) atoms. The van der Waals surface area contributed by atoms with Crippen molar-refractivity contribution in [1.82, 2.24) is 9.88 Å². The highest BCUT2D eigenvalue weighted by atomic mass is 79.9. The average molecular weight is 416 g/mol. The van der Waals surface area contributed by atoms with Gasteiger partial charge < -0.3 is 9.73 Å². The summed E-state index contributed by atoms with van der Waals surface area (Å²) < 4.78 is 6.11. The van der Waals surface area contributed by atoms with Gasteiger partial charge in [0.15, 0.2) is 0 Å². The molecule has 0 saturated carbocycles. The Hall–Kier alpha value is -2.51. The lowest BCUT2D eigenvalue weighted by Gasteiger charge is -2.17. The van der Waals surface area contributed by atoms with Crippen molar-refractivity contribution in [2.45, 2.75) is 13.5 Å². The summed E-state index contributed by atoms with van der Waals surface area (Å²) in [5.74, 6) is 0.318. The van der Waals surface area contributed by atoms with Crippen molar-refractivity contribution in [3.8, 4) is 0 Å². The Balaban J connectivity index is 1.70. The van der Waals surface area contributed by atoms with Gasteiger partial charge >= 0.3 is 5.63 Å². The van der Waals surface area contributed by atoms with E-state index in [4.69, 9.17) is 4.42 Å². The summed E-state index contributed by atoms with van der Waals surface area (Å²) in [4.78, 5) is 30.0. The molecule has 0 atom stereocenters. The molecule has 2 aromatic heterocycles. The molecule has 0 fully saturated rings. The van der Waals surface area contributed by atoms with E-state index >= 15 is 0 Å². The van der Waals surface area contributed by atoms with Gasteiger partial charge in [0.2, 0.25) is 5.91 Å². The Morgan fingerprint density at radius 3 is 2.81 bits per heavy atom. The van der Waals surface area contributed by atoms with Crippen molar-refractivity contribution in [2.75, 3.05) is 18.9 Å². The second kappa shape index (κ2) is 7.80. The van der Waals surface area contributed by atoms with Crippen LogP contribution in [0.1, 0.15) is 11.1 Å². The van der Waals surface area contributed by atoms with Crippen LogP contribution in [0.4, 0.5) is 5.82 Å². The van der Waals surface area contributed by atoms with E-state index in [9.17, 15) is 9.59 Å². The number of anilines is 1. The lowest BCUT2D eigenvalue weighted by molar-refractivity contribution is -0.117. The zero-order valence-corrected chi connectivity index (χ0v) is 16.0. The number of nitrogens with zero attached hydrogens (tertiary/aromatic N) is 2. The summed E-state index contributed by atoms with van der Waals surface area (Å²) in [6.07, 6.45) is 1.62. The van der Waals surface area contributed by atoms with Crippen molar-refractivity contribution in [2.24, 2.45) is 0 Å². The first-order valence-corrected chi connectivity index (χ1v) is 8.83. The minimum Gasteiger partial charge on any atom is -0.423 e. The van der Waals surface area contributed by atoms with Gasteiger partial charge in [-0.1, -0.05) is 12.1 Å². The van der Waals surface area contributed by atoms with E-state index < -0.39 is 5.63 Å². The molecule has 0 bridgehead atoms. The Bertz CT molecular complexity index is 999. The molecular weight excluding hydrogens is 398 g/mol. The second-order valence-electron chi connectivity index (χ2n) is 6.17. The minimum absolute atomic E-state index is 0.172. The lowest BCUT2D eigenvalue weighted by atomic mass is 10.1. The summed E-state index contributed by atoms with van der Waals surface area (Å²) in [5, 5.41) is 3.62. The van der Waals surface area contributed by atoms with E-state index in [1.165, 1.54) is 6.07 Å². The van der Waals surface area contributed by atoms with Crippen LogP contribution >= 0.6 is 15.9 Å². The molecule has 0 unspecified atom stereocenters. The number of rotatable bonds is 5. The monoisotopic (exact) mass is 415 g/mol. The number of nitrogens with one attached hydrogen (secondary N) is 1. The van der Waals surface area contributed by atoms with E-state index in [2.05, 4.69) is 26.2 Å². The fourth-order valence-corrected chi connectivity index (χ4v) is 2.93. The number of halogens is 1. The van der Waals surface area contributed by atoms with Crippen molar-refractivity contribution in [1.29, 1.82) is 0 Å². The highest BCUT2D eigenvalue weighted by molar-refractivity contribution is 9.10. The highest BCUT2D eigenvalue weighted by Gasteiger charge is 2.12. The van der Waals surface area contributed by atoms with Gasteiger partial charge in [-0.3, -0.25) is 9.69 Å². The van der Waals surface area contributed by atoms with Crippen LogP contribution in [0.25, 0.3) is 11.0 Å². The van der Waals surface area contributed by atoms with Crippen LogP contribution < -0.4 is 10.9 Å². The summed E-state index contributed by atoms with van der Waals surface area (Å²) in [7, 11) is 1.82. The predicted octanol–water partition coefficient (Wildman–Crippen LogP) is 3.33. The maximum absolute atomic E-state index is 12.2. The number of benzene rings is 1. The van der Waals surface area contributed by atoms with Crippen molar-refractivity contribution < 1.29 is 9.21 Å². The molecule has 0 aliphatic heterocycles. The van der Waals surface area contributed by atoms with Crippen LogP contribution in [-0.2, 0) is 11.3 Å². The molecule has 7 heteroatoms. The van der Waals surface area contributed by atoms with Gasteiger partial charge in [0.1, 0.15) is 11.4 Å². The number of pyridine rings is 1. The van der Waals surface area contributed by atoms with Gasteiger partial charge in [0, 0.05) is 28.7 Å². The summed E-state index contributed by atoms with van der Waals surface area (Å²) >= 11 is 3.30. The first-order valence-electron chi connectivity index (χ1n) is 8.04. The van der Waals surface area contributed by atoms with Crippen LogP contribution in [0.3, 0.4) is 0 Å². The molecule has 0 aliphatic carbocycles. The third-order valence-electron chi connectivity index (χ3n) is 3.83. The molecule has 1 aromatic carbocycles. The number of fused-ring (bicyclic) bond motifs is 1. The Morgan fingerprint density at radius 2 is 2.08 bits per heavy atom. The first-order chi connectivity index (χ1) is 12.4. The van der Waals surface area contributed by atoms with Gasteiger partial charge in [0.05, 0.1) is 6.54 Å². The standard InChI is InChI=1S/C19H18BrN3O3/c1-12-3-5-15-13(8-19(25)26-16(15)7-12)10-23(2)11-18(24)22-17-6-4-14(20)9-21-17/h3-9H,10-11H2,1-2H3,(H,21,22,24). The van der Waals surface area contributed by atoms with Crippen LogP contribution in [0.5, 0.6) is 0 Å². The summed E-state index contributed by atoms with van der Waals surface area (Å²) in [6, 6.07) is 10.7. The molecule has 2 heterocycles. The highest BCUT2D eigenvalue weighted by Crippen LogP contribution is 2.19. The quantitative estimate of drug-likeness (QED) is 0.646. The van der Waals surface area contributed by atoms with E-state index in [-0.39, 0.29) is 12.5 Å². The number of likely N-dealkylation sites (N-methyl/N-ethyl adjacent to an activating group) is 1. The second-order valence-corrected chi connectivity index (χ2v) is 7.09. The number of hydrogen-bond acceptors (Lipinski definition) is 5. The third kappa shape index (κ3) is 4.56. The molecule has 3 aromatic rings. The van der Waals surface area contributed by atoms with E-state index in [0.717, 1.165) is 21.0 Å². The Kier molecular flexibility index (Phi) is 5.49. The maximum Gasteiger partial charge on any atom is 0.336 e. The lowest BCUT2D eigenvalue weighted by Crippen LogP contribution is -2.30. The topological polar surface area (TPSA) is 75.4 Å². The maximum atomic E-state index is 12.2. The van der Waals surface area contributed by atoms with Crippen LogP contribution in [0.15, 0.2) is 56.3 Å². The number of aromatic nitrogens is 1. The van der Waals surface area contributed by atoms with Crippen molar-refractivity contribution in [3.05, 3.63) is 68.6 Å². The Morgan fingerprint density at radius 1 is 1.27 bits per heavy atom. The number of hydrogen-bond donors (Lipinski definition) is 1. The third-order valence-corrected chi connectivity index (χ3v) is 4.30. The zero-order chi connectivity index (χ0) is 18.7. The van der Waals surface area contributed by atoms with E-state index in [1.807, 2.05) is 43.1 Å². The largest absolute Gasteiger partial charge is 0.423 e. The summed E-state index contributed by atoms with van der Waals surface area (Å²) in [5.41, 5.74) is 2.01. The van der Waals surface area contributed by atoms with Crippen molar-refractivity contribution >= 4 is 38.6 Å². The molecule has 0 aliphatic rings. The molecule has 1 amide bonds. The molecule has 3 rings (SSSR count). The van der Waals surface area contributed by atoms with Gasteiger partial charge in [-0.2, -0.15) is 0 Å². The van der Waals surface area contributed by atoms with E-state index in [1.54, 1.807) is 12.3 Å². The van der Waals surface area contributed by atoms with Gasteiger partial charge in [-0.05, 0) is 59.2 Å². The number of carbonyl (C=O) groups excluding carboxylic acids is 1. The zero-order valence-electron chi connectivity index (χ0n) is 14.5. The average Bonchev–Trinajstić information content (AvgIpc) is 2.56. The fraction of sp³-hybridized carbons (Fsp3) is 0.211. The molecule has 6 nitrogen and oxygen atoms in total. The number of amides is 1. The van der Waals surface area contributed by atoms with Gasteiger partial charge in [0.25, 0.3) is 0 Å². The summed E-state index contributed by atoms with van der Waals surface area (Å²) in [6.45, 7) is 2.57. The van der Waals surface area contributed by atoms with Crippen LogP contribution in [-0.4, -0.2) is 29.4 Å². The minimum atomic E-state index is -0.394. The van der Waals surface area contributed by atoms with E-state index in [0.29, 0.717) is 17.9 Å². The van der Waals surface area contributed by atoms with Crippen LogP contribution in [0, 0.1) is 6.92 Å². The van der Waals surface area contributed by atoms with Crippen LogP contribution in [0.2, 0.25) is 0 Å². The van der Waals surface area contributed by atoms with Crippen molar-refractivity contribution in [3.63, 3.8) is 0 Å². The fourth-order valence-electron chi connectivity index (χ4n) is 2.69. The molecule has 134 valence electrons. The normalized spacial score (nSPS) is 11.1. The van der Waals surface area contributed by atoms with Gasteiger partial charge in [-0.25, -0.2) is 9.78 Å². The SMILES string of the molecule is Cc1ccc2c(CN(C)CC(=O)Nc3ccc(Br)cn3)cc(=O)oc2c1. The Labute approximate surface area is 159 Å². The van der Waals surface area contributed by atoms with Gasteiger partial charge in [-0.15, -0.1) is 0 Å². The number of carbonyl (C=O) groups is 1. The smallest absolute Gasteiger partial charge is 0.336 e. The molecular formula is C19H18BrN3O3. The number of aryl methyl sites for hydroxylation is 1. The molecule has 0 saturated heterocycles. The molecule has 1 N–H and O–H groups in total. The molecule has 0 radical (unpaired) electrons. The first kappa shape index (κ1) is 18.3.